The minimum Gasteiger partial charge on any atom is -0.479 e. The zero-order chi connectivity index (χ0) is 14.7. The van der Waals surface area contributed by atoms with Gasteiger partial charge in [-0.3, -0.25) is 4.79 Å². The zero-order valence-corrected chi connectivity index (χ0v) is 11.7. The first-order chi connectivity index (χ1) is 9.49. The van der Waals surface area contributed by atoms with Gasteiger partial charge in [0.15, 0.2) is 6.04 Å². The zero-order valence-electron chi connectivity index (χ0n) is 10.9. The van der Waals surface area contributed by atoms with Crippen LogP contribution in [0.2, 0.25) is 0 Å². The van der Waals surface area contributed by atoms with Crippen molar-refractivity contribution in [1.82, 2.24) is 15.1 Å². The SMILES string of the molecule is CN1CCN(C(=O)NC(C(=O)O)c2cccs2)CC1=O. The monoisotopic (exact) mass is 297 g/mol. The number of hydrogen-bond acceptors (Lipinski definition) is 4. The Morgan fingerprint density at radius 3 is 2.75 bits per heavy atom. The first-order valence-corrected chi connectivity index (χ1v) is 6.92. The van der Waals surface area contributed by atoms with Gasteiger partial charge in [-0.2, -0.15) is 0 Å². The lowest BCUT2D eigenvalue weighted by atomic mass is 10.2. The van der Waals surface area contributed by atoms with Gasteiger partial charge in [0, 0.05) is 25.0 Å². The van der Waals surface area contributed by atoms with Crippen molar-refractivity contribution in [2.45, 2.75) is 6.04 Å². The molecule has 8 heteroatoms. The number of rotatable bonds is 3. The molecule has 0 spiro atoms. The van der Waals surface area contributed by atoms with Crippen LogP contribution in [0.4, 0.5) is 4.79 Å². The number of piperazine rings is 1. The fraction of sp³-hybridized carbons (Fsp3) is 0.417. The van der Waals surface area contributed by atoms with E-state index in [-0.39, 0.29) is 12.5 Å². The van der Waals surface area contributed by atoms with E-state index in [1.165, 1.54) is 21.1 Å². The Balaban J connectivity index is 2.02. The van der Waals surface area contributed by atoms with Gasteiger partial charge in [-0.1, -0.05) is 6.07 Å². The maximum Gasteiger partial charge on any atom is 0.331 e. The molecular weight excluding hydrogens is 282 g/mol. The summed E-state index contributed by atoms with van der Waals surface area (Å²) in [6, 6.07) is 1.75. The molecule has 0 saturated carbocycles. The average Bonchev–Trinajstić information content (AvgIpc) is 2.92. The van der Waals surface area contributed by atoms with E-state index in [4.69, 9.17) is 0 Å². The summed E-state index contributed by atoms with van der Waals surface area (Å²) in [6.45, 7) is 0.812. The van der Waals surface area contributed by atoms with Crippen LogP contribution in [0.3, 0.4) is 0 Å². The summed E-state index contributed by atoms with van der Waals surface area (Å²) in [5.74, 6) is -1.28. The second kappa shape index (κ2) is 5.91. The number of nitrogens with zero attached hydrogens (tertiary/aromatic N) is 2. The van der Waals surface area contributed by atoms with E-state index >= 15 is 0 Å². The Morgan fingerprint density at radius 1 is 1.45 bits per heavy atom. The molecule has 2 N–H and O–H groups in total. The topological polar surface area (TPSA) is 89.9 Å². The second-order valence-electron chi connectivity index (χ2n) is 4.47. The lowest BCUT2D eigenvalue weighted by molar-refractivity contribution is -0.139. The summed E-state index contributed by atoms with van der Waals surface area (Å²) in [6.07, 6.45) is 0. The molecule has 2 rings (SSSR count). The highest BCUT2D eigenvalue weighted by Crippen LogP contribution is 2.19. The highest BCUT2D eigenvalue weighted by Gasteiger charge is 2.29. The molecule has 0 radical (unpaired) electrons. The maximum absolute atomic E-state index is 12.0. The number of amides is 3. The standard InChI is InChI=1S/C12H15N3O4S/c1-14-4-5-15(7-9(14)16)12(19)13-10(11(17)18)8-3-2-6-20-8/h2-3,6,10H,4-5,7H2,1H3,(H,13,19)(H,17,18). The second-order valence-corrected chi connectivity index (χ2v) is 5.45. The maximum atomic E-state index is 12.0. The van der Waals surface area contributed by atoms with Crippen molar-refractivity contribution >= 4 is 29.2 Å². The van der Waals surface area contributed by atoms with E-state index in [9.17, 15) is 19.5 Å². The molecule has 1 fully saturated rings. The third kappa shape index (κ3) is 3.08. The average molecular weight is 297 g/mol. The summed E-state index contributed by atoms with van der Waals surface area (Å²) in [7, 11) is 1.67. The molecule has 1 aromatic rings. The number of aliphatic carboxylic acids is 1. The third-order valence-corrected chi connectivity index (χ3v) is 4.02. The van der Waals surface area contributed by atoms with E-state index in [0.29, 0.717) is 18.0 Å². The minimum atomic E-state index is -1.12. The van der Waals surface area contributed by atoms with Crippen LogP contribution in [0.1, 0.15) is 10.9 Å². The number of carboxylic acid groups (broad SMARTS) is 1. The Bertz CT molecular complexity index is 517. The molecule has 1 aliphatic rings. The molecule has 1 unspecified atom stereocenters. The Morgan fingerprint density at radius 2 is 2.20 bits per heavy atom. The summed E-state index contributed by atoms with van der Waals surface area (Å²) in [5, 5.41) is 13.4. The van der Waals surface area contributed by atoms with E-state index in [0.717, 1.165) is 0 Å². The lowest BCUT2D eigenvalue weighted by Crippen LogP contribution is -2.54. The van der Waals surface area contributed by atoms with Gasteiger partial charge in [-0.15, -0.1) is 11.3 Å². The summed E-state index contributed by atoms with van der Waals surface area (Å²) >= 11 is 1.26. The van der Waals surface area contributed by atoms with Gasteiger partial charge in [0.25, 0.3) is 0 Å². The molecule has 1 aromatic heterocycles. The molecule has 3 amide bonds. The van der Waals surface area contributed by atoms with Crippen LogP contribution < -0.4 is 5.32 Å². The molecule has 0 bridgehead atoms. The van der Waals surface area contributed by atoms with Gasteiger partial charge in [-0.25, -0.2) is 9.59 Å². The molecule has 1 saturated heterocycles. The number of hydrogen-bond donors (Lipinski definition) is 2. The Labute approximate surface area is 119 Å². The molecule has 1 atom stereocenters. The minimum absolute atomic E-state index is 0.0287. The normalized spacial score (nSPS) is 16.9. The van der Waals surface area contributed by atoms with Crippen molar-refractivity contribution < 1.29 is 19.5 Å². The number of thiophene rings is 1. The van der Waals surface area contributed by atoms with Crippen molar-refractivity contribution in [1.29, 1.82) is 0 Å². The van der Waals surface area contributed by atoms with E-state index in [1.54, 1.807) is 24.6 Å². The first kappa shape index (κ1) is 14.3. The van der Waals surface area contributed by atoms with Crippen LogP contribution >= 0.6 is 11.3 Å². The van der Waals surface area contributed by atoms with Crippen LogP contribution in [0, 0.1) is 0 Å². The highest BCUT2D eigenvalue weighted by atomic mass is 32.1. The summed E-state index contributed by atoms with van der Waals surface area (Å²) in [4.78, 5) is 38.2. The Hall–Kier alpha value is -2.09. The fourth-order valence-electron chi connectivity index (χ4n) is 1.86. The third-order valence-electron chi connectivity index (χ3n) is 3.09. The first-order valence-electron chi connectivity index (χ1n) is 6.04. The Kier molecular flexibility index (Phi) is 4.23. The van der Waals surface area contributed by atoms with Crippen molar-refractivity contribution in [3.63, 3.8) is 0 Å². The largest absolute Gasteiger partial charge is 0.479 e. The number of nitrogens with one attached hydrogen (secondary N) is 1. The van der Waals surface area contributed by atoms with Crippen LogP contribution in [0.5, 0.6) is 0 Å². The number of likely N-dealkylation sites (N-methyl/N-ethyl adjacent to an activating group) is 1. The van der Waals surface area contributed by atoms with Gasteiger partial charge in [-0.05, 0) is 11.4 Å². The number of carbonyl (C=O) groups excluding carboxylic acids is 2. The van der Waals surface area contributed by atoms with E-state index in [2.05, 4.69) is 5.32 Å². The number of carboxylic acids is 1. The lowest BCUT2D eigenvalue weighted by Gasteiger charge is -2.32. The summed E-state index contributed by atoms with van der Waals surface area (Å²) in [5.41, 5.74) is 0. The summed E-state index contributed by atoms with van der Waals surface area (Å²) < 4.78 is 0. The van der Waals surface area contributed by atoms with Gasteiger partial charge < -0.3 is 20.2 Å². The smallest absolute Gasteiger partial charge is 0.331 e. The van der Waals surface area contributed by atoms with Gasteiger partial charge in [0.2, 0.25) is 5.91 Å². The van der Waals surface area contributed by atoms with Crippen LogP contribution in [-0.4, -0.2) is 59.5 Å². The predicted octanol–water partition coefficient (Wildman–Crippen LogP) is 0.357. The fourth-order valence-corrected chi connectivity index (χ4v) is 2.62. The van der Waals surface area contributed by atoms with E-state index < -0.39 is 18.0 Å². The van der Waals surface area contributed by atoms with Gasteiger partial charge in [0.1, 0.15) is 6.54 Å². The molecule has 2 heterocycles. The quantitative estimate of drug-likeness (QED) is 0.843. The predicted molar refractivity (Wildman–Crippen MR) is 72.4 cm³/mol. The van der Waals surface area contributed by atoms with E-state index in [1.807, 2.05) is 0 Å². The molecule has 1 aliphatic heterocycles. The molecule has 0 aromatic carbocycles. The van der Waals surface area contributed by atoms with Gasteiger partial charge >= 0.3 is 12.0 Å². The van der Waals surface area contributed by atoms with Crippen LogP contribution in [0.25, 0.3) is 0 Å². The van der Waals surface area contributed by atoms with Crippen molar-refractivity contribution in [2.75, 3.05) is 26.7 Å². The molecule has 108 valence electrons. The molecule has 7 nitrogen and oxygen atoms in total. The van der Waals surface area contributed by atoms with Gasteiger partial charge in [0.05, 0.1) is 0 Å². The van der Waals surface area contributed by atoms with Crippen molar-refractivity contribution in [3.8, 4) is 0 Å². The number of carbonyl (C=O) groups is 3. The molecule has 0 aliphatic carbocycles. The molecule has 20 heavy (non-hydrogen) atoms. The van der Waals surface area contributed by atoms with Crippen LogP contribution in [-0.2, 0) is 9.59 Å². The number of urea groups is 1. The van der Waals surface area contributed by atoms with Crippen molar-refractivity contribution in [3.05, 3.63) is 22.4 Å². The molecular formula is C12H15N3O4S. The van der Waals surface area contributed by atoms with Crippen molar-refractivity contribution in [2.24, 2.45) is 0 Å². The van der Waals surface area contributed by atoms with Crippen LogP contribution in [0.15, 0.2) is 17.5 Å². The highest BCUT2D eigenvalue weighted by molar-refractivity contribution is 7.10.